The van der Waals surface area contributed by atoms with Crippen LogP contribution >= 0.6 is 0 Å². The lowest BCUT2D eigenvalue weighted by Gasteiger charge is -2.10. The zero-order valence-corrected chi connectivity index (χ0v) is 9.99. The third-order valence-corrected chi connectivity index (χ3v) is 2.73. The van der Waals surface area contributed by atoms with Gasteiger partial charge in [-0.25, -0.2) is 0 Å². The van der Waals surface area contributed by atoms with Gasteiger partial charge in [0.2, 0.25) is 0 Å². The molecule has 2 nitrogen and oxygen atoms in total. The van der Waals surface area contributed by atoms with Gasteiger partial charge in [0.05, 0.1) is 12.7 Å². The topological polar surface area (TPSA) is 26.3 Å². The fourth-order valence-electron chi connectivity index (χ4n) is 1.87. The van der Waals surface area contributed by atoms with Crippen LogP contribution in [0.25, 0.3) is 10.8 Å². The van der Waals surface area contributed by atoms with Gasteiger partial charge in [-0.05, 0) is 29.3 Å². The van der Waals surface area contributed by atoms with Crippen LogP contribution in [0.5, 0.6) is 5.75 Å². The van der Waals surface area contributed by atoms with Crippen molar-refractivity contribution in [2.24, 2.45) is 0 Å². The van der Waals surface area contributed by atoms with Crippen LogP contribution in [-0.4, -0.2) is 12.9 Å². The van der Waals surface area contributed by atoms with Gasteiger partial charge in [-0.2, -0.15) is 0 Å². The molecule has 86 valence electrons. The lowest BCUT2D eigenvalue weighted by atomic mass is 9.97. The highest BCUT2D eigenvalue weighted by molar-refractivity contribution is 6.17. The van der Waals surface area contributed by atoms with Gasteiger partial charge < -0.3 is 4.74 Å². The highest BCUT2D eigenvalue weighted by Crippen LogP contribution is 2.29. The molecule has 17 heavy (non-hydrogen) atoms. The van der Waals surface area contributed by atoms with Gasteiger partial charge in [-0.3, -0.25) is 4.79 Å². The molecule has 0 atom stereocenters. The molecule has 0 heterocycles. The summed E-state index contributed by atoms with van der Waals surface area (Å²) in [6.45, 7) is 5.42. The van der Waals surface area contributed by atoms with Crippen molar-refractivity contribution in [3.05, 3.63) is 54.1 Å². The first kappa shape index (κ1) is 11.4. The summed E-state index contributed by atoms with van der Waals surface area (Å²) in [5, 5.41) is 1.93. The minimum absolute atomic E-state index is 0.0707. The molecule has 0 spiro atoms. The summed E-state index contributed by atoms with van der Waals surface area (Å²) in [6.07, 6.45) is 0. The van der Waals surface area contributed by atoms with E-state index in [1.54, 1.807) is 14.0 Å². The molecule has 0 aliphatic rings. The Morgan fingerprint density at radius 1 is 1.18 bits per heavy atom. The van der Waals surface area contributed by atoms with Crippen LogP contribution in [0.3, 0.4) is 0 Å². The van der Waals surface area contributed by atoms with Crippen molar-refractivity contribution in [1.82, 2.24) is 0 Å². The van der Waals surface area contributed by atoms with Crippen molar-refractivity contribution >= 4 is 16.6 Å². The minimum Gasteiger partial charge on any atom is -0.496 e. The maximum Gasteiger partial charge on any atom is 0.192 e. The third-order valence-electron chi connectivity index (χ3n) is 2.73. The second-order valence-electron chi connectivity index (χ2n) is 3.97. The number of fused-ring (bicyclic) bond motifs is 1. The van der Waals surface area contributed by atoms with Crippen LogP contribution in [0, 0.1) is 0 Å². The van der Waals surface area contributed by atoms with Crippen molar-refractivity contribution < 1.29 is 9.53 Å². The second-order valence-corrected chi connectivity index (χ2v) is 3.97. The molecule has 0 N–H and O–H groups in total. The largest absolute Gasteiger partial charge is 0.496 e. The van der Waals surface area contributed by atoms with Gasteiger partial charge in [0.25, 0.3) is 0 Å². The molecule has 2 heteroatoms. The van der Waals surface area contributed by atoms with Crippen LogP contribution in [0.15, 0.2) is 48.6 Å². The van der Waals surface area contributed by atoms with Crippen LogP contribution in [-0.2, 0) is 0 Å². The van der Waals surface area contributed by atoms with E-state index >= 15 is 0 Å². The summed E-state index contributed by atoms with van der Waals surface area (Å²) in [5.41, 5.74) is 1.11. The Bertz CT molecular complexity index is 597. The second kappa shape index (κ2) is 4.42. The molecule has 0 bridgehead atoms. The molecule has 0 aromatic heterocycles. The number of carbonyl (C=O) groups excluding carboxylic acids is 1. The predicted molar refractivity (Wildman–Crippen MR) is 69.6 cm³/mol. The molecule has 0 saturated heterocycles. The van der Waals surface area contributed by atoms with Crippen molar-refractivity contribution in [1.29, 1.82) is 0 Å². The highest BCUT2D eigenvalue weighted by Gasteiger charge is 2.16. The maximum atomic E-state index is 12.2. The number of ketones is 1. The van der Waals surface area contributed by atoms with E-state index in [0.717, 1.165) is 10.8 Å². The Kier molecular flexibility index (Phi) is 2.96. The molecule has 0 saturated carbocycles. The Morgan fingerprint density at radius 3 is 2.53 bits per heavy atom. The van der Waals surface area contributed by atoms with E-state index in [4.69, 9.17) is 4.74 Å². The van der Waals surface area contributed by atoms with Gasteiger partial charge in [0.1, 0.15) is 5.75 Å². The average molecular weight is 226 g/mol. The summed E-state index contributed by atoms with van der Waals surface area (Å²) < 4.78 is 5.26. The van der Waals surface area contributed by atoms with Crippen molar-refractivity contribution in [3.63, 3.8) is 0 Å². The molecule has 0 unspecified atom stereocenters. The standard InChI is InChI=1S/C15H14O2/c1-10(2)15(16)14-12-7-5-4-6-11(12)8-9-13(14)17-3/h4-9H,1H2,2-3H3. The monoisotopic (exact) mass is 226 g/mol. The number of methoxy groups -OCH3 is 1. The number of hydrogen-bond donors (Lipinski definition) is 0. The quantitative estimate of drug-likeness (QED) is 0.590. The number of rotatable bonds is 3. The zero-order valence-electron chi connectivity index (χ0n) is 9.99. The van der Waals surface area contributed by atoms with E-state index in [1.165, 1.54) is 0 Å². The Hall–Kier alpha value is -2.09. The van der Waals surface area contributed by atoms with Crippen molar-refractivity contribution in [3.8, 4) is 5.75 Å². The third kappa shape index (κ3) is 1.94. The number of allylic oxidation sites excluding steroid dienone is 1. The van der Waals surface area contributed by atoms with Crippen molar-refractivity contribution in [2.75, 3.05) is 7.11 Å². The van der Waals surface area contributed by atoms with E-state index < -0.39 is 0 Å². The number of benzene rings is 2. The summed E-state index contributed by atoms with van der Waals surface area (Å²) in [4.78, 5) is 12.2. The fourth-order valence-corrected chi connectivity index (χ4v) is 1.87. The molecule has 0 aliphatic heterocycles. The Balaban J connectivity index is 2.80. The molecule has 2 aromatic rings. The molecule has 0 amide bonds. The lowest BCUT2D eigenvalue weighted by Crippen LogP contribution is -2.03. The van der Waals surface area contributed by atoms with E-state index in [0.29, 0.717) is 16.9 Å². The first-order valence-corrected chi connectivity index (χ1v) is 5.41. The molecule has 0 fully saturated rings. The van der Waals surface area contributed by atoms with Crippen LogP contribution in [0.4, 0.5) is 0 Å². The Labute approximate surface area is 101 Å². The van der Waals surface area contributed by atoms with Crippen LogP contribution in [0.2, 0.25) is 0 Å². The summed E-state index contributed by atoms with van der Waals surface area (Å²) in [6, 6.07) is 11.5. The van der Waals surface area contributed by atoms with E-state index in [-0.39, 0.29) is 5.78 Å². The van der Waals surface area contributed by atoms with E-state index in [9.17, 15) is 4.79 Å². The average Bonchev–Trinajstić information content (AvgIpc) is 2.36. The molecular formula is C15H14O2. The fraction of sp³-hybridized carbons (Fsp3) is 0.133. The van der Waals surface area contributed by atoms with Gasteiger partial charge in [-0.15, -0.1) is 0 Å². The van der Waals surface area contributed by atoms with Crippen LogP contribution in [0.1, 0.15) is 17.3 Å². The Morgan fingerprint density at radius 2 is 1.88 bits per heavy atom. The molecule has 0 aliphatic carbocycles. The summed E-state index contributed by atoms with van der Waals surface area (Å²) in [5.74, 6) is 0.523. The van der Waals surface area contributed by atoms with Gasteiger partial charge in [0, 0.05) is 0 Å². The maximum absolute atomic E-state index is 12.2. The molecule has 2 aromatic carbocycles. The molecule has 2 rings (SSSR count). The number of Topliss-reactive ketones (excluding diaryl/α,β-unsaturated/α-hetero) is 1. The number of carbonyl (C=O) groups is 1. The minimum atomic E-state index is -0.0707. The van der Waals surface area contributed by atoms with E-state index in [1.807, 2.05) is 36.4 Å². The number of ether oxygens (including phenoxy) is 1. The first-order valence-electron chi connectivity index (χ1n) is 5.41. The van der Waals surface area contributed by atoms with E-state index in [2.05, 4.69) is 6.58 Å². The molecule has 0 radical (unpaired) electrons. The SMILES string of the molecule is C=C(C)C(=O)c1c(OC)ccc2ccccc12. The van der Waals surface area contributed by atoms with Gasteiger partial charge in [-0.1, -0.05) is 36.9 Å². The smallest absolute Gasteiger partial charge is 0.192 e. The summed E-state index contributed by atoms with van der Waals surface area (Å²) >= 11 is 0. The molecular weight excluding hydrogens is 212 g/mol. The van der Waals surface area contributed by atoms with Gasteiger partial charge >= 0.3 is 0 Å². The van der Waals surface area contributed by atoms with Crippen molar-refractivity contribution in [2.45, 2.75) is 6.92 Å². The zero-order chi connectivity index (χ0) is 12.4. The van der Waals surface area contributed by atoms with Crippen LogP contribution < -0.4 is 4.74 Å². The normalized spacial score (nSPS) is 10.2. The predicted octanol–water partition coefficient (Wildman–Crippen LogP) is 3.61. The number of hydrogen-bond acceptors (Lipinski definition) is 2. The van der Waals surface area contributed by atoms with Gasteiger partial charge in [0.15, 0.2) is 5.78 Å². The summed E-state index contributed by atoms with van der Waals surface area (Å²) in [7, 11) is 1.57. The first-order chi connectivity index (χ1) is 8.15. The highest BCUT2D eigenvalue weighted by atomic mass is 16.5. The lowest BCUT2D eigenvalue weighted by molar-refractivity contribution is 0.103.